The fourth-order valence-electron chi connectivity index (χ4n) is 3.64. The third kappa shape index (κ3) is 3.56. The number of fused-ring (bicyclic) bond motifs is 1. The lowest BCUT2D eigenvalue weighted by Gasteiger charge is -2.22. The van der Waals surface area contributed by atoms with Crippen molar-refractivity contribution in [3.05, 3.63) is 70.5 Å². The Morgan fingerprint density at radius 2 is 2.00 bits per heavy atom. The van der Waals surface area contributed by atoms with Crippen molar-refractivity contribution in [2.45, 2.75) is 5.92 Å². The number of rotatable bonds is 7. The molecular formula is C22H19ClN4O2S. The Labute approximate surface area is 183 Å². The normalized spacial score (nSPS) is 11.8. The van der Waals surface area contributed by atoms with E-state index in [9.17, 15) is 5.26 Å². The van der Waals surface area contributed by atoms with E-state index >= 15 is 0 Å². The van der Waals surface area contributed by atoms with Crippen LogP contribution in [0.15, 0.2) is 48.7 Å². The minimum Gasteiger partial charge on any atom is -0.493 e. The molecule has 0 radical (unpaired) electrons. The lowest BCUT2D eigenvalue weighted by Crippen LogP contribution is -2.15. The number of aromatic nitrogens is 2. The van der Waals surface area contributed by atoms with Gasteiger partial charge in [0, 0.05) is 35.1 Å². The minimum absolute atomic E-state index is 0.0846. The fraction of sp³-hybridized carbons (Fsp3) is 0.182. The van der Waals surface area contributed by atoms with Crippen LogP contribution < -0.4 is 14.8 Å². The summed E-state index contributed by atoms with van der Waals surface area (Å²) in [6.07, 6.45) is 2.01. The first-order valence-electron chi connectivity index (χ1n) is 9.24. The van der Waals surface area contributed by atoms with Crippen LogP contribution in [0.1, 0.15) is 22.6 Å². The Balaban J connectivity index is 1.81. The molecule has 152 valence electrons. The molecule has 0 aliphatic rings. The van der Waals surface area contributed by atoms with Crippen molar-refractivity contribution in [1.29, 1.82) is 5.26 Å². The van der Waals surface area contributed by atoms with Gasteiger partial charge in [-0.25, -0.2) is 0 Å². The minimum atomic E-state index is -0.0846. The number of para-hydroxylation sites is 2. The first-order valence-corrected chi connectivity index (χ1v) is 10.4. The van der Waals surface area contributed by atoms with E-state index in [1.54, 1.807) is 14.2 Å². The quantitative estimate of drug-likeness (QED) is 0.403. The van der Waals surface area contributed by atoms with Crippen LogP contribution in [0.5, 0.6) is 11.5 Å². The van der Waals surface area contributed by atoms with E-state index in [4.69, 9.17) is 21.1 Å². The summed E-state index contributed by atoms with van der Waals surface area (Å²) in [6, 6.07) is 16.1. The average molecular weight is 439 g/mol. The molecule has 2 aromatic carbocycles. The highest BCUT2D eigenvalue weighted by Crippen LogP contribution is 2.41. The number of hydrogen-bond donors (Lipinski definition) is 2. The summed E-state index contributed by atoms with van der Waals surface area (Å²) in [5.41, 5.74) is 3.50. The largest absolute Gasteiger partial charge is 0.493 e. The SMILES string of the molecule is COc1cccc(C(CNc2snc(Cl)c2C#N)c2c[nH]c3ccccc23)c1OC. The summed E-state index contributed by atoms with van der Waals surface area (Å²) in [6.45, 7) is 0.512. The van der Waals surface area contributed by atoms with E-state index < -0.39 is 0 Å². The predicted molar refractivity (Wildman–Crippen MR) is 120 cm³/mol. The number of nitriles is 1. The van der Waals surface area contributed by atoms with Crippen molar-refractivity contribution in [2.24, 2.45) is 0 Å². The van der Waals surface area contributed by atoms with E-state index in [1.165, 1.54) is 11.5 Å². The van der Waals surface area contributed by atoms with Gasteiger partial charge >= 0.3 is 0 Å². The van der Waals surface area contributed by atoms with E-state index in [-0.39, 0.29) is 11.1 Å². The molecule has 2 aromatic heterocycles. The fourth-order valence-corrected chi connectivity index (χ4v) is 4.58. The number of aromatic amines is 1. The summed E-state index contributed by atoms with van der Waals surface area (Å²) in [4.78, 5) is 3.35. The van der Waals surface area contributed by atoms with Gasteiger partial charge in [0.25, 0.3) is 0 Å². The molecule has 0 bridgehead atoms. The van der Waals surface area contributed by atoms with Crippen molar-refractivity contribution < 1.29 is 9.47 Å². The predicted octanol–water partition coefficient (Wildman–Crippen LogP) is 5.41. The van der Waals surface area contributed by atoms with Gasteiger partial charge in [-0.3, -0.25) is 0 Å². The van der Waals surface area contributed by atoms with Gasteiger partial charge in [-0.05, 0) is 29.2 Å². The molecule has 0 fully saturated rings. The van der Waals surface area contributed by atoms with Gasteiger partial charge in [0.2, 0.25) is 0 Å². The molecule has 30 heavy (non-hydrogen) atoms. The molecule has 2 N–H and O–H groups in total. The molecule has 4 aromatic rings. The van der Waals surface area contributed by atoms with Gasteiger partial charge in [0.1, 0.15) is 16.6 Å². The maximum atomic E-state index is 9.40. The van der Waals surface area contributed by atoms with Gasteiger partial charge in [0.15, 0.2) is 16.7 Å². The Bertz CT molecular complexity index is 1230. The van der Waals surface area contributed by atoms with Crippen LogP contribution in [0.3, 0.4) is 0 Å². The third-order valence-electron chi connectivity index (χ3n) is 5.03. The van der Waals surface area contributed by atoms with Crippen LogP contribution >= 0.6 is 23.1 Å². The highest BCUT2D eigenvalue weighted by Gasteiger charge is 2.24. The monoisotopic (exact) mass is 438 g/mol. The molecule has 8 heteroatoms. The number of anilines is 1. The smallest absolute Gasteiger partial charge is 0.164 e. The zero-order valence-electron chi connectivity index (χ0n) is 16.4. The maximum absolute atomic E-state index is 9.40. The van der Waals surface area contributed by atoms with Gasteiger partial charge < -0.3 is 19.8 Å². The highest BCUT2D eigenvalue weighted by molar-refractivity contribution is 7.10. The highest BCUT2D eigenvalue weighted by atomic mass is 35.5. The molecule has 0 amide bonds. The number of nitrogens with one attached hydrogen (secondary N) is 2. The van der Waals surface area contributed by atoms with E-state index in [0.717, 1.165) is 22.0 Å². The average Bonchev–Trinajstić information content (AvgIpc) is 3.37. The van der Waals surface area contributed by atoms with Crippen molar-refractivity contribution in [3.63, 3.8) is 0 Å². The lowest BCUT2D eigenvalue weighted by molar-refractivity contribution is 0.350. The number of ether oxygens (including phenoxy) is 2. The van der Waals surface area contributed by atoms with Crippen LogP contribution in [0.4, 0.5) is 5.00 Å². The first-order chi connectivity index (χ1) is 14.7. The van der Waals surface area contributed by atoms with Crippen LogP contribution in [-0.2, 0) is 0 Å². The number of nitrogens with zero attached hydrogens (tertiary/aromatic N) is 2. The van der Waals surface area contributed by atoms with Crippen molar-refractivity contribution in [1.82, 2.24) is 9.36 Å². The number of benzene rings is 2. The second-order valence-electron chi connectivity index (χ2n) is 6.60. The summed E-state index contributed by atoms with van der Waals surface area (Å²) in [5, 5.41) is 14.7. The van der Waals surface area contributed by atoms with Crippen LogP contribution in [-0.4, -0.2) is 30.1 Å². The standard InChI is InChI=1S/C22H19ClN4O2S/c1-28-19-9-5-7-14(20(19)29-2)17(12-26-22-15(10-24)21(23)27-30-22)16-11-25-18-8-4-3-6-13(16)18/h3-9,11,17,25-26H,12H2,1-2H3. The second-order valence-corrected chi connectivity index (χ2v) is 7.73. The molecule has 1 atom stereocenters. The van der Waals surface area contributed by atoms with Crippen molar-refractivity contribution >= 4 is 39.0 Å². The number of methoxy groups -OCH3 is 2. The molecule has 0 saturated carbocycles. The summed E-state index contributed by atoms with van der Waals surface area (Å²) < 4.78 is 15.3. The summed E-state index contributed by atoms with van der Waals surface area (Å²) >= 11 is 7.21. The molecular weight excluding hydrogens is 420 g/mol. The maximum Gasteiger partial charge on any atom is 0.164 e. The van der Waals surface area contributed by atoms with Crippen LogP contribution in [0.2, 0.25) is 5.15 Å². The molecule has 0 spiro atoms. The van der Waals surface area contributed by atoms with Gasteiger partial charge in [-0.1, -0.05) is 41.9 Å². The molecule has 2 heterocycles. The van der Waals surface area contributed by atoms with E-state index in [0.29, 0.717) is 28.6 Å². The second kappa shape index (κ2) is 8.66. The Kier molecular flexibility index (Phi) is 5.79. The molecule has 6 nitrogen and oxygen atoms in total. The zero-order chi connectivity index (χ0) is 21.1. The van der Waals surface area contributed by atoms with Crippen molar-refractivity contribution in [3.8, 4) is 17.6 Å². The first kappa shape index (κ1) is 20.1. The van der Waals surface area contributed by atoms with Crippen LogP contribution in [0.25, 0.3) is 10.9 Å². The molecule has 0 saturated heterocycles. The number of halogens is 1. The Morgan fingerprint density at radius 3 is 2.77 bits per heavy atom. The topological polar surface area (TPSA) is 83.0 Å². The zero-order valence-corrected chi connectivity index (χ0v) is 18.0. The Hall–Kier alpha value is -3.21. The molecule has 0 aliphatic heterocycles. The molecule has 0 aliphatic carbocycles. The van der Waals surface area contributed by atoms with Gasteiger partial charge in [-0.15, -0.1) is 0 Å². The van der Waals surface area contributed by atoms with Crippen molar-refractivity contribution in [2.75, 3.05) is 26.1 Å². The van der Waals surface area contributed by atoms with E-state index in [1.807, 2.05) is 42.6 Å². The van der Waals surface area contributed by atoms with Crippen LogP contribution in [0, 0.1) is 11.3 Å². The third-order valence-corrected chi connectivity index (χ3v) is 6.21. The summed E-state index contributed by atoms with van der Waals surface area (Å²) in [7, 11) is 3.26. The molecule has 1 unspecified atom stereocenters. The number of hydrogen-bond acceptors (Lipinski definition) is 6. The molecule has 4 rings (SSSR count). The van der Waals surface area contributed by atoms with E-state index in [2.05, 4.69) is 26.8 Å². The Morgan fingerprint density at radius 1 is 1.17 bits per heavy atom. The number of H-pyrrole nitrogens is 1. The van der Waals surface area contributed by atoms with Gasteiger partial charge in [-0.2, -0.15) is 9.64 Å². The summed E-state index contributed by atoms with van der Waals surface area (Å²) in [5.74, 6) is 1.26. The lowest BCUT2D eigenvalue weighted by atomic mass is 9.90. The van der Waals surface area contributed by atoms with Gasteiger partial charge in [0.05, 0.1) is 14.2 Å².